The van der Waals surface area contributed by atoms with Crippen LogP contribution in [0, 0.1) is 0 Å². The van der Waals surface area contributed by atoms with Gasteiger partial charge in [0.1, 0.15) is 6.10 Å². The van der Waals surface area contributed by atoms with E-state index in [1.54, 1.807) is 0 Å². The number of rotatable bonds is 8. The molecule has 0 bridgehead atoms. The highest BCUT2D eigenvalue weighted by Gasteiger charge is 2.83. The molecule has 6 nitrogen and oxygen atoms in total. The number of alkyl halides is 14. The molecule has 0 aromatic carbocycles. The summed E-state index contributed by atoms with van der Waals surface area (Å²) in [5.41, 5.74) is 0. The van der Waals surface area contributed by atoms with Crippen molar-refractivity contribution in [1.82, 2.24) is 0 Å². The van der Waals surface area contributed by atoms with Gasteiger partial charge in [0, 0.05) is 0 Å². The standard InChI is InChI=1S/C10H8F14O6S2/c1-2-4(30-32(27,28)6(12,9(19,20)21)10(22,23)24)3-29-31(25,26)5(11,7(13,14)15)8(16,17)18/h4H,2-3H2,1H3. The Balaban J connectivity index is 6.10. The highest BCUT2D eigenvalue weighted by Crippen LogP contribution is 2.52. The second-order valence-corrected chi connectivity index (χ2v) is 8.87. The molecule has 0 N–H and O–H groups in total. The fourth-order valence-electron chi connectivity index (χ4n) is 1.59. The molecule has 22 heteroatoms. The summed E-state index contributed by atoms with van der Waals surface area (Å²) >= 11 is 0. The summed E-state index contributed by atoms with van der Waals surface area (Å²) in [5, 5.41) is -14.3. The normalized spacial score (nSPS) is 16.8. The Morgan fingerprint density at radius 2 is 0.875 bits per heavy atom. The van der Waals surface area contributed by atoms with Gasteiger partial charge in [-0.05, 0) is 6.42 Å². The van der Waals surface area contributed by atoms with Crippen LogP contribution in [0.1, 0.15) is 13.3 Å². The van der Waals surface area contributed by atoms with E-state index in [2.05, 4.69) is 8.37 Å². The van der Waals surface area contributed by atoms with Crippen molar-refractivity contribution in [2.45, 2.75) is 54.2 Å². The van der Waals surface area contributed by atoms with Gasteiger partial charge in [-0.3, -0.25) is 8.37 Å². The van der Waals surface area contributed by atoms with Gasteiger partial charge in [-0.25, -0.2) is 8.78 Å². The van der Waals surface area contributed by atoms with Crippen molar-refractivity contribution < 1.29 is 86.7 Å². The molecule has 0 aliphatic rings. The smallest absolute Gasteiger partial charge is 0.264 e. The second kappa shape index (κ2) is 8.56. The van der Waals surface area contributed by atoms with Gasteiger partial charge < -0.3 is 0 Å². The Morgan fingerprint density at radius 3 is 1.12 bits per heavy atom. The van der Waals surface area contributed by atoms with Crippen LogP contribution in [0.2, 0.25) is 0 Å². The minimum atomic E-state index is -7.54. The van der Waals surface area contributed by atoms with Gasteiger partial charge in [0.25, 0.3) is 0 Å². The molecule has 194 valence electrons. The van der Waals surface area contributed by atoms with E-state index in [9.17, 15) is 78.3 Å². The van der Waals surface area contributed by atoms with E-state index in [0.717, 1.165) is 0 Å². The van der Waals surface area contributed by atoms with Crippen LogP contribution in [0.25, 0.3) is 0 Å². The van der Waals surface area contributed by atoms with E-state index < -0.39 is 74.1 Å². The number of hydrogen-bond acceptors (Lipinski definition) is 6. The van der Waals surface area contributed by atoms with Crippen LogP contribution in [0.4, 0.5) is 61.5 Å². The van der Waals surface area contributed by atoms with Gasteiger partial charge in [0.2, 0.25) is 0 Å². The highest BCUT2D eigenvalue weighted by molar-refractivity contribution is 7.88. The van der Waals surface area contributed by atoms with Gasteiger partial charge >= 0.3 is 54.9 Å². The van der Waals surface area contributed by atoms with E-state index in [1.807, 2.05) is 0 Å². The average Bonchev–Trinajstić information content (AvgIpc) is 2.52. The molecule has 0 rings (SSSR count). The third-order valence-electron chi connectivity index (χ3n) is 3.27. The Bertz CT molecular complexity index is 838. The molecule has 0 fully saturated rings. The molecule has 1 atom stereocenters. The molecule has 0 heterocycles. The summed E-state index contributed by atoms with van der Waals surface area (Å²) < 4.78 is 227. The van der Waals surface area contributed by atoms with Gasteiger partial charge in [-0.15, -0.1) is 0 Å². The Labute approximate surface area is 168 Å². The predicted octanol–water partition coefficient (Wildman–Crippen LogP) is 4.04. The van der Waals surface area contributed by atoms with Crippen molar-refractivity contribution >= 4 is 20.2 Å². The minimum Gasteiger partial charge on any atom is -0.264 e. The molecule has 32 heavy (non-hydrogen) atoms. The van der Waals surface area contributed by atoms with Gasteiger partial charge in [-0.2, -0.15) is 69.5 Å². The molecule has 0 radical (unpaired) electrons. The summed E-state index contributed by atoms with van der Waals surface area (Å²) in [6.07, 6.45) is -33.4. The fraction of sp³-hybridized carbons (Fsp3) is 1.00. The monoisotopic (exact) mass is 554 g/mol. The zero-order valence-corrected chi connectivity index (χ0v) is 16.2. The van der Waals surface area contributed by atoms with E-state index in [1.165, 1.54) is 0 Å². The largest absolute Gasteiger partial charge is 0.449 e. The van der Waals surface area contributed by atoms with Crippen LogP contribution in [-0.4, -0.2) is 64.3 Å². The molecule has 0 amide bonds. The Hall–Kier alpha value is -1.16. The summed E-state index contributed by atoms with van der Waals surface area (Å²) in [6.45, 7) is -1.96. The predicted molar refractivity (Wildman–Crippen MR) is 70.9 cm³/mol. The molecule has 0 aliphatic carbocycles. The average molecular weight is 554 g/mol. The van der Waals surface area contributed by atoms with E-state index in [-0.39, 0.29) is 0 Å². The van der Waals surface area contributed by atoms with Crippen molar-refractivity contribution in [1.29, 1.82) is 0 Å². The number of hydrogen-bond donors (Lipinski definition) is 0. The summed E-state index contributed by atoms with van der Waals surface area (Å²) in [4.78, 5) is 0. The molecule has 1 unspecified atom stereocenters. The fourth-order valence-corrected chi connectivity index (χ4v) is 3.90. The van der Waals surface area contributed by atoms with Crippen LogP contribution < -0.4 is 0 Å². The second-order valence-electron chi connectivity index (χ2n) is 5.50. The van der Waals surface area contributed by atoms with Crippen LogP contribution in [-0.2, 0) is 28.6 Å². The molecule has 0 saturated heterocycles. The maximum Gasteiger partial charge on any atom is 0.449 e. The molecule has 0 aromatic rings. The first-order valence-electron chi connectivity index (χ1n) is 7.10. The first-order chi connectivity index (χ1) is 13.6. The SMILES string of the molecule is CCC(COS(=O)(=O)C(F)(C(F)(F)F)C(F)(F)F)OS(=O)(=O)C(F)(C(F)(F)F)C(F)(F)F. The van der Waals surface area contributed by atoms with E-state index in [0.29, 0.717) is 6.92 Å². The van der Waals surface area contributed by atoms with Gasteiger partial charge in [-0.1, -0.05) is 6.92 Å². The minimum absolute atomic E-state index is 0.535. The lowest BCUT2D eigenvalue weighted by Crippen LogP contribution is -2.60. The third kappa shape index (κ3) is 5.16. The maximum atomic E-state index is 13.6. The maximum absolute atomic E-state index is 13.6. The zero-order valence-electron chi connectivity index (χ0n) is 14.5. The Morgan fingerprint density at radius 1 is 0.594 bits per heavy atom. The van der Waals surface area contributed by atoms with Crippen molar-refractivity contribution in [3.8, 4) is 0 Å². The van der Waals surface area contributed by atoms with Crippen molar-refractivity contribution in [3.05, 3.63) is 0 Å². The molecular formula is C10H8F14O6S2. The highest BCUT2D eigenvalue weighted by atomic mass is 32.2. The zero-order chi connectivity index (χ0) is 26.4. The molecule has 0 spiro atoms. The summed E-state index contributed by atoms with van der Waals surface area (Å²) in [6, 6.07) is 0. The lowest BCUT2D eigenvalue weighted by Gasteiger charge is -2.31. The number of halogens is 14. The molecular weight excluding hydrogens is 546 g/mol. The van der Waals surface area contributed by atoms with Crippen LogP contribution in [0.15, 0.2) is 0 Å². The van der Waals surface area contributed by atoms with Crippen LogP contribution >= 0.6 is 0 Å². The summed E-state index contributed by atoms with van der Waals surface area (Å²) in [5.74, 6) is 0. The first kappa shape index (κ1) is 30.8. The van der Waals surface area contributed by atoms with Gasteiger partial charge in [0.05, 0.1) is 6.61 Å². The van der Waals surface area contributed by atoms with Crippen molar-refractivity contribution in [2.24, 2.45) is 0 Å². The third-order valence-corrected chi connectivity index (χ3v) is 6.55. The molecule has 0 aromatic heterocycles. The van der Waals surface area contributed by atoms with E-state index >= 15 is 0 Å². The Kier molecular flexibility index (Phi) is 8.25. The molecule has 0 aliphatic heterocycles. The van der Waals surface area contributed by atoms with Crippen LogP contribution in [0.5, 0.6) is 0 Å². The van der Waals surface area contributed by atoms with Gasteiger partial charge in [0.15, 0.2) is 0 Å². The topological polar surface area (TPSA) is 86.7 Å². The van der Waals surface area contributed by atoms with Crippen molar-refractivity contribution in [3.63, 3.8) is 0 Å². The quantitative estimate of drug-likeness (QED) is 0.333. The lowest BCUT2D eigenvalue weighted by atomic mass is 10.3. The van der Waals surface area contributed by atoms with E-state index in [4.69, 9.17) is 0 Å². The lowest BCUT2D eigenvalue weighted by molar-refractivity contribution is -0.309. The van der Waals surface area contributed by atoms with Crippen LogP contribution in [0.3, 0.4) is 0 Å². The summed E-state index contributed by atoms with van der Waals surface area (Å²) in [7, 11) is -15.1. The molecule has 0 saturated carbocycles. The first-order valence-corrected chi connectivity index (χ1v) is 9.92. The van der Waals surface area contributed by atoms with Crippen molar-refractivity contribution in [2.75, 3.05) is 6.61 Å².